The summed E-state index contributed by atoms with van der Waals surface area (Å²) >= 11 is 0. The minimum absolute atomic E-state index is 0.0314. The number of aliphatic hydroxyl groups is 4. The van der Waals surface area contributed by atoms with Crippen LogP contribution < -0.4 is 26.4 Å². The molecule has 1 saturated heterocycles. The van der Waals surface area contributed by atoms with Crippen LogP contribution in [0.3, 0.4) is 0 Å². The molecule has 69 heavy (non-hydrogen) atoms. The molecule has 3 saturated carbocycles. The molecule has 376 valence electrons. The van der Waals surface area contributed by atoms with Gasteiger partial charge >= 0.3 is 5.97 Å². The molecule has 10 N–H and O–H groups in total. The fourth-order valence-corrected chi connectivity index (χ4v) is 17.8. The van der Waals surface area contributed by atoms with E-state index < -0.39 is 59.4 Å². The summed E-state index contributed by atoms with van der Waals surface area (Å²) in [5.74, 6) is 14.6. The van der Waals surface area contributed by atoms with E-state index in [1.54, 1.807) is 6.07 Å². The minimum Gasteiger partial charge on any atom is -0.504 e. The van der Waals surface area contributed by atoms with Crippen LogP contribution in [-0.2, 0) is 16.0 Å². The van der Waals surface area contributed by atoms with Crippen LogP contribution >= 0.6 is 21.6 Å². The SMILES string of the molecule is CC(=O)O[C@H]1C[C@@H](O)CC[C@@]23C#C[C@@H]4C[C@H]5C#C[C@@H](CNC[C@]6(C5)C[C@H](CCN6)Oc5cc(c(C(O)O)cc5O)C[C@@H]41)SSC[C@@]1(CC4(CCCC4)CCC14CCCC4)NC(N)=N[C@@H]2C=CC[C@@H]3O. The Balaban J connectivity index is 1.17. The predicted octanol–water partition coefficient (Wildman–Crippen LogP) is 5.90. The fourth-order valence-electron chi connectivity index (χ4n) is 15.0. The number of piperidine rings is 1. The van der Waals surface area contributed by atoms with E-state index in [0.29, 0.717) is 69.7 Å². The lowest BCUT2D eigenvalue weighted by Crippen LogP contribution is -2.66. The number of aromatic hydroxyl groups is 1. The van der Waals surface area contributed by atoms with E-state index in [9.17, 15) is 30.3 Å². The van der Waals surface area contributed by atoms with Crippen molar-refractivity contribution in [1.29, 1.82) is 0 Å². The van der Waals surface area contributed by atoms with Crippen molar-refractivity contribution in [3.8, 4) is 35.2 Å². The highest BCUT2D eigenvalue weighted by Crippen LogP contribution is 2.64. The Hall–Kier alpha value is -3.12. The zero-order valence-electron chi connectivity index (χ0n) is 40.4. The lowest BCUT2D eigenvalue weighted by Gasteiger charge is -2.58. The number of phenols is 1. The van der Waals surface area contributed by atoms with Crippen LogP contribution in [0.5, 0.6) is 11.5 Å². The number of fused-ring (bicyclic) bond motifs is 5. The smallest absolute Gasteiger partial charge is 0.302 e. The molecule has 0 radical (unpaired) electrons. The van der Waals surface area contributed by atoms with Crippen molar-refractivity contribution in [3.05, 3.63) is 35.4 Å². The average Bonchev–Trinajstić information content (AvgIpc) is 3.99. The molecule has 15 heteroatoms. The van der Waals surface area contributed by atoms with Gasteiger partial charge in [-0.05, 0) is 125 Å². The first-order valence-corrected chi connectivity index (χ1v) is 28.6. The Bertz CT molecular complexity index is 2260. The monoisotopic (exact) mass is 986 g/mol. The molecule has 12 atom stereocenters. The molecule has 5 spiro atoms. The first kappa shape index (κ1) is 49.5. The summed E-state index contributed by atoms with van der Waals surface area (Å²) in [4.78, 5) is 18.5. The number of ether oxygens (including phenoxy) is 2. The highest BCUT2D eigenvalue weighted by molar-refractivity contribution is 8.77. The first-order valence-electron chi connectivity index (χ1n) is 26.2. The summed E-state index contributed by atoms with van der Waals surface area (Å²) in [6.45, 7) is 3.41. The molecule has 10 rings (SSSR count). The predicted molar refractivity (Wildman–Crippen MR) is 270 cm³/mol. The Labute approximate surface area is 416 Å². The number of aliphatic hydroxyl groups excluding tert-OH is 3. The van der Waals surface area contributed by atoms with Gasteiger partial charge in [-0.3, -0.25) is 4.79 Å². The number of hydrogen-bond acceptors (Lipinski definition) is 15. The molecule has 0 unspecified atom stereocenters. The van der Waals surface area contributed by atoms with E-state index in [-0.39, 0.29) is 70.0 Å². The van der Waals surface area contributed by atoms with Crippen molar-refractivity contribution in [2.75, 3.05) is 25.4 Å². The highest BCUT2D eigenvalue weighted by Gasteiger charge is 2.60. The van der Waals surface area contributed by atoms with Gasteiger partial charge < -0.3 is 56.7 Å². The van der Waals surface area contributed by atoms with Crippen molar-refractivity contribution in [3.63, 3.8) is 0 Å². The summed E-state index contributed by atoms with van der Waals surface area (Å²) in [6, 6.07) is 2.42. The molecule has 4 aliphatic heterocycles. The molecule has 8 bridgehead atoms. The number of nitrogens with one attached hydrogen (secondary N) is 3. The van der Waals surface area contributed by atoms with Crippen molar-refractivity contribution in [2.45, 2.75) is 188 Å². The van der Waals surface area contributed by atoms with Crippen LogP contribution in [0, 0.1) is 57.7 Å². The molecular weight excluding hydrogens is 911 g/mol. The van der Waals surface area contributed by atoms with E-state index >= 15 is 0 Å². The average molecular weight is 986 g/mol. The molecule has 4 fully saturated rings. The maximum atomic E-state index is 13.1. The standard InChI is InChI=1S/C54H75N5O8S2/c1-34(60)66-44-26-38(61)12-19-53-18-11-36-23-35-9-10-40(30-56-32-52(28-35)29-39(13-22-57-52)67-45-25-37(24-41(36)44)42(48(64)65)27-43(45)62)69-68-33-54(59-49(55)58-46(53)7-6-8-47(53)63)31-50(14-2-3-15-50)20-21-51(54)16-4-5-17-51/h6-7,25,27,35-36,38-41,44,46-48,56-57,61-65H,2-5,8,12-17,19-24,26,28-33H2,1H3,(H3,55,58,59)/t35-,36-,38+,39+,40+,41+,44+,46-,47+,52+,53+,54-/m1/s1. The zero-order valence-corrected chi connectivity index (χ0v) is 42.0. The lowest BCUT2D eigenvalue weighted by atomic mass is 9.53. The van der Waals surface area contributed by atoms with Crippen LogP contribution in [-0.4, -0.2) is 110 Å². The van der Waals surface area contributed by atoms with Gasteiger partial charge in [0.05, 0.1) is 34.5 Å². The second kappa shape index (κ2) is 20.1. The summed E-state index contributed by atoms with van der Waals surface area (Å²) in [5, 5.41) is 69.5. The van der Waals surface area contributed by atoms with Crippen molar-refractivity contribution in [1.82, 2.24) is 16.0 Å². The molecule has 13 nitrogen and oxygen atoms in total. The summed E-state index contributed by atoms with van der Waals surface area (Å²) in [7, 11) is 3.78. The molecule has 1 aromatic carbocycles. The number of aliphatic imine (C=N–C) groups is 1. The van der Waals surface area contributed by atoms with Gasteiger partial charge in [-0.25, -0.2) is 4.99 Å². The van der Waals surface area contributed by atoms with E-state index in [2.05, 4.69) is 39.6 Å². The number of nitrogens with two attached hydrogens (primary N) is 1. The topological polar surface area (TPSA) is 211 Å². The maximum Gasteiger partial charge on any atom is 0.302 e. The van der Waals surface area contributed by atoms with Gasteiger partial charge in [-0.15, -0.1) is 0 Å². The van der Waals surface area contributed by atoms with Crippen LogP contribution in [0.1, 0.15) is 146 Å². The van der Waals surface area contributed by atoms with Gasteiger partial charge in [0.2, 0.25) is 0 Å². The molecule has 0 amide bonds. The molecule has 5 aliphatic carbocycles. The van der Waals surface area contributed by atoms with Gasteiger partial charge in [-0.1, -0.05) is 83.1 Å². The number of esters is 1. The van der Waals surface area contributed by atoms with Crippen molar-refractivity contribution < 1.29 is 39.8 Å². The van der Waals surface area contributed by atoms with Crippen LogP contribution in [0.2, 0.25) is 0 Å². The number of benzene rings is 1. The van der Waals surface area contributed by atoms with E-state index in [0.717, 1.165) is 25.0 Å². The zero-order chi connectivity index (χ0) is 48.0. The molecule has 1 aromatic rings. The number of carbonyl (C=O) groups is 1. The van der Waals surface area contributed by atoms with Gasteiger partial charge in [0.15, 0.2) is 23.7 Å². The highest BCUT2D eigenvalue weighted by atomic mass is 33.1. The van der Waals surface area contributed by atoms with E-state index in [4.69, 9.17) is 20.2 Å². The van der Waals surface area contributed by atoms with E-state index in [1.165, 1.54) is 64.4 Å². The maximum absolute atomic E-state index is 13.1. The Kier molecular flexibility index (Phi) is 14.4. The number of nitrogens with zero attached hydrogens (tertiary/aromatic N) is 1. The Morgan fingerprint density at radius 1 is 1.00 bits per heavy atom. The minimum atomic E-state index is -1.92. The number of hydrogen-bond donors (Lipinski definition) is 9. The van der Waals surface area contributed by atoms with Crippen molar-refractivity contribution >= 4 is 33.5 Å². The van der Waals surface area contributed by atoms with E-state index in [1.807, 2.05) is 33.7 Å². The Morgan fingerprint density at radius 3 is 2.61 bits per heavy atom. The summed E-state index contributed by atoms with van der Waals surface area (Å²) in [5.41, 5.74) is 6.42. The summed E-state index contributed by atoms with van der Waals surface area (Å²) in [6.07, 6.45) is 16.1. The third kappa shape index (κ3) is 10.0. The third-order valence-corrected chi connectivity index (χ3v) is 21.2. The third-order valence-electron chi connectivity index (χ3n) is 18.4. The Morgan fingerprint density at radius 2 is 1.81 bits per heavy atom. The van der Waals surface area contributed by atoms with Crippen LogP contribution in [0.4, 0.5) is 0 Å². The summed E-state index contributed by atoms with van der Waals surface area (Å²) < 4.78 is 13.0. The second-order valence-electron chi connectivity index (χ2n) is 22.8. The number of guanidine groups is 1. The molecule has 4 heterocycles. The van der Waals surface area contributed by atoms with Crippen LogP contribution in [0.25, 0.3) is 0 Å². The fraction of sp³-hybridized carbons (Fsp3) is 0.741. The molecular formula is C54H75N5O8S2. The van der Waals surface area contributed by atoms with Gasteiger partial charge in [-0.2, -0.15) is 0 Å². The number of phenolic OH excluding ortho intramolecular Hbond substituents is 1. The molecule has 9 aliphatic rings. The number of carbonyl (C=O) groups excluding carboxylic acids is 1. The quantitative estimate of drug-likeness (QED) is 0.0556. The van der Waals surface area contributed by atoms with Gasteiger partial charge in [0.25, 0.3) is 0 Å². The van der Waals surface area contributed by atoms with Gasteiger partial charge in [0, 0.05) is 67.5 Å². The number of rotatable bonds is 2. The van der Waals surface area contributed by atoms with Gasteiger partial charge in [0.1, 0.15) is 12.2 Å². The normalized spacial score (nSPS) is 39.4. The van der Waals surface area contributed by atoms with Crippen LogP contribution in [0.15, 0.2) is 29.3 Å². The first-order chi connectivity index (χ1) is 33.2. The second-order valence-corrected chi connectivity index (χ2v) is 25.4. The lowest BCUT2D eigenvalue weighted by molar-refractivity contribution is -0.152. The largest absolute Gasteiger partial charge is 0.504 e. The van der Waals surface area contributed by atoms with Crippen molar-refractivity contribution in [2.24, 2.45) is 44.7 Å². The molecule has 0 aromatic heterocycles.